The van der Waals surface area contributed by atoms with Crippen molar-refractivity contribution < 1.29 is 52.7 Å². The van der Waals surface area contributed by atoms with Gasteiger partial charge < -0.3 is 5.32 Å². The molecular weight excluding hydrogens is 543 g/mol. The molecule has 0 heterocycles. The number of alkyl halides is 9. The van der Waals surface area contributed by atoms with Crippen LogP contribution in [0.25, 0.3) is 0 Å². The number of hydrogen-bond donors (Lipinski definition) is 2. The van der Waals surface area contributed by atoms with Crippen LogP contribution in [0.3, 0.4) is 0 Å². The van der Waals surface area contributed by atoms with E-state index in [2.05, 4.69) is 0 Å². The Morgan fingerprint density at radius 2 is 1.19 bits per heavy atom. The average molecular weight is 556 g/mol. The van der Waals surface area contributed by atoms with Crippen molar-refractivity contribution in [2.24, 2.45) is 0 Å². The molecule has 3 rings (SSSR count). The maximum Gasteiger partial charge on any atom is 0.416 e. The van der Waals surface area contributed by atoms with E-state index in [1.165, 1.54) is 12.1 Å². The molecule has 0 unspecified atom stereocenters. The van der Waals surface area contributed by atoms with E-state index in [-0.39, 0.29) is 18.2 Å². The van der Waals surface area contributed by atoms with Crippen LogP contribution in [0.4, 0.5) is 50.9 Å². The number of sulfonamides is 1. The molecule has 0 bridgehead atoms. The standard InChI is InChI=1S/C22H13F9N2O3S/c23-20(24,25)12-4-3-5-16(11-12)37(35,36)33-18-7-2-1-6-17(18)19(34)32-15-9-13(21(26,27)28)8-14(10-15)22(29,30)31/h1-11,33H,(H,32,34). The minimum atomic E-state index is -5.18. The van der Waals surface area contributed by atoms with Gasteiger partial charge >= 0.3 is 18.5 Å². The van der Waals surface area contributed by atoms with Gasteiger partial charge in [-0.15, -0.1) is 0 Å². The van der Waals surface area contributed by atoms with Gasteiger partial charge in [-0.05, 0) is 48.5 Å². The summed E-state index contributed by atoms with van der Waals surface area (Å²) >= 11 is 0. The predicted octanol–water partition coefficient (Wildman–Crippen LogP) is 6.80. The summed E-state index contributed by atoms with van der Waals surface area (Å²) in [7, 11) is -4.70. The Hall–Kier alpha value is -3.75. The first kappa shape index (κ1) is 27.8. The van der Waals surface area contributed by atoms with Gasteiger partial charge in [-0.3, -0.25) is 9.52 Å². The third kappa shape index (κ3) is 6.72. The fourth-order valence-corrected chi connectivity index (χ4v) is 4.16. The Morgan fingerprint density at radius 1 is 0.649 bits per heavy atom. The summed E-state index contributed by atoms with van der Waals surface area (Å²) in [4.78, 5) is 11.9. The number of nitrogens with one attached hydrogen (secondary N) is 2. The first-order chi connectivity index (χ1) is 16.9. The molecule has 0 atom stereocenters. The Morgan fingerprint density at radius 3 is 1.73 bits per heavy atom. The minimum absolute atomic E-state index is 0.146. The second-order valence-corrected chi connectivity index (χ2v) is 9.11. The number of carbonyl (C=O) groups excluding carboxylic acids is 1. The monoisotopic (exact) mass is 556 g/mol. The van der Waals surface area contributed by atoms with Crippen LogP contribution in [-0.4, -0.2) is 14.3 Å². The van der Waals surface area contributed by atoms with Crippen molar-refractivity contribution in [3.63, 3.8) is 0 Å². The van der Waals surface area contributed by atoms with Crippen molar-refractivity contribution in [1.82, 2.24) is 0 Å². The number of amides is 1. The lowest BCUT2D eigenvalue weighted by Crippen LogP contribution is -2.20. The first-order valence-corrected chi connectivity index (χ1v) is 11.3. The van der Waals surface area contributed by atoms with Gasteiger partial charge in [-0.2, -0.15) is 39.5 Å². The van der Waals surface area contributed by atoms with Gasteiger partial charge in [0.05, 0.1) is 32.8 Å². The van der Waals surface area contributed by atoms with Gasteiger partial charge in [-0.1, -0.05) is 18.2 Å². The fourth-order valence-electron chi connectivity index (χ4n) is 3.04. The summed E-state index contributed by atoms with van der Waals surface area (Å²) < 4.78 is 145. The Labute approximate surface area is 203 Å². The highest BCUT2D eigenvalue weighted by Crippen LogP contribution is 2.38. The molecule has 3 aromatic carbocycles. The first-order valence-electron chi connectivity index (χ1n) is 9.78. The SMILES string of the molecule is O=C(Nc1cc(C(F)(F)F)cc(C(F)(F)F)c1)c1ccccc1NS(=O)(=O)c1cccc(C(F)(F)F)c1. The summed E-state index contributed by atoms with van der Waals surface area (Å²) in [5, 5.41) is 1.86. The molecule has 0 radical (unpaired) electrons. The number of anilines is 2. The third-order valence-corrected chi connectivity index (χ3v) is 6.10. The Balaban J connectivity index is 1.96. The molecule has 15 heteroatoms. The van der Waals surface area contributed by atoms with Crippen LogP contribution in [0.5, 0.6) is 0 Å². The van der Waals surface area contributed by atoms with Gasteiger partial charge in [-0.25, -0.2) is 8.42 Å². The molecule has 5 nitrogen and oxygen atoms in total. The van der Waals surface area contributed by atoms with E-state index < -0.39 is 73.0 Å². The van der Waals surface area contributed by atoms with Crippen molar-refractivity contribution in [2.75, 3.05) is 10.0 Å². The molecule has 0 aromatic heterocycles. The van der Waals surface area contributed by atoms with Gasteiger partial charge in [0.1, 0.15) is 0 Å². The maximum absolute atomic E-state index is 13.1. The lowest BCUT2D eigenvalue weighted by Gasteiger charge is -2.16. The largest absolute Gasteiger partial charge is 0.416 e. The molecule has 0 aliphatic carbocycles. The lowest BCUT2D eigenvalue weighted by atomic mass is 10.1. The quantitative estimate of drug-likeness (QED) is 0.340. The van der Waals surface area contributed by atoms with Crippen LogP contribution in [0, 0.1) is 0 Å². The Kier molecular flexibility index (Phi) is 7.23. The second kappa shape index (κ2) is 9.61. The molecule has 0 aliphatic rings. The van der Waals surface area contributed by atoms with E-state index >= 15 is 0 Å². The molecule has 1 amide bonds. The van der Waals surface area contributed by atoms with E-state index in [1.807, 2.05) is 10.0 Å². The fraction of sp³-hybridized carbons (Fsp3) is 0.136. The summed E-state index contributed by atoms with van der Waals surface area (Å²) in [5.74, 6) is -1.30. The molecule has 2 N–H and O–H groups in total. The van der Waals surface area contributed by atoms with Crippen molar-refractivity contribution in [1.29, 1.82) is 0 Å². The molecular formula is C22H13F9N2O3S. The smallest absolute Gasteiger partial charge is 0.322 e. The van der Waals surface area contributed by atoms with Gasteiger partial charge in [0.15, 0.2) is 0 Å². The molecule has 3 aromatic rings. The molecule has 0 aliphatic heterocycles. The zero-order valence-electron chi connectivity index (χ0n) is 17.9. The summed E-state index contributed by atoms with van der Waals surface area (Å²) in [6.45, 7) is 0. The molecule has 0 fully saturated rings. The van der Waals surface area contributed by atoms with E-state index in [0.29, 0.717) is 12.1 Å². The lowest BCUT2D eigenvalue weighted by molar-refractivity contribution is -0.143. The van der Waals surface area contributed by atoms with E-state index in [4.69, 9.17) is 0 Å². The van der Waals surface area contributed by atoms with Gasteiger partial charge in [0, 0.05) is 5.69 Å². The molecule has 0 saturated heterocycles. The number of benzene rings is 3. The van der Waals surface area contributed by atoms with Crippen molar-refractivity contribution >= 4 is 27.3 Å². The highest BCUT2D eigenvalue weighted by atomic mass is 32.2. The highest BCUT2D eigenvalue weighted by molar-refractivity contribution is 7.92. The number of para-hydroxylation sites is 1. The molecule has 37 heavy (non-hydrogen) atoms. The van der Waals surface area contributed by atoms with E-state index in [9.17, 15) is 52.7 Å². The van der Waals surface area contributed by atoms with Crippen LogP contribution >= 0.6 is 0 Å². The zero-order valence-corrected chi connectivity index (χ0v) is 18.7. The maximum atomic E-state index is 13.1. The van der Waals surface area contributed by atoms with Crippen molar-refractivity contribution in [3.8, 4) is 0 Å². The number of carbonyl (C=O) groups is 1. The topological polar surface area (TPSA) is 75.3 Å². The highest BCUT2D eigenvalue weighted by Gasteiger charge is 2.37. The second-order valence-electron chi connectivity index (χ2n) is 7.43. The summed E-state index contributed by atoms with van der Waals surface area (Å²) in [6, 6.07) is 7.47. The van der Waals surface area contributed by atoms with Crippen LogP contribution in [-0.2, 0) is 28.6 Å². The predicted molar refractivity (Wildman–Crippen MR) is 113 cm³/mol. The number of hydrogen-bond acceptors (Lipinski definition) is 3. The molecule has 0 spiro atoms. The summed E-state index contributed by atoms with van der Waals surface area (Å²) in [5.41, 5.74) is -6.59. The number of halogens is 9. The van der Waals surface area contributed by atoms with Gasteiger partial charge in [0.25, 0.3) is 15.9 Å². The van der Waals surface area contributed by atoms with Crippen LogP contribution in [0.2, 0.25) is 0 Å². The third-order valence-electron chi connectivity index (χ3n) is 4.73. The van der Waals surface area contributed by atoms with Crippen LogP contribution in [0.1, 0.15) is 27.0 Å². The zero-order chi connectivity index (χ0) is 27.8. The Bertz CT molecular complexity index is 1400. The van der Waals surface area contributed by atoms with Crippen LogP contribution in [0.15, 0.2) is 71.6 Å². The normalized spacial score (nSPS) is 12.8. The average Bonchev–Trinajstić information content (AvgIpc) is 2.77. The molecule has 198 valence electrons. The van der Waals surface area contributed by atoms with E-state index in [1.54, 1.807) is 0 Å². The molecule has 0 saturated carbocycles. The van der Waals surface area contributed by atoms with Crippen LogP contribution < -0.4 is 10.0 Å². The number of rotatable bonds is 5. The minimum Gasteiger partial charge on any atom is -0.322 e. The van der Waals surface area contributed by atoms with Gasteiger partial charge in [0.2, 0.25) is 0 Å². The van der Waals surface area contributed by atoms with Crippen molar-refractivity contribution in [3.05, 3.63) is 89.0 Å². The van der Waals surface area contributed by atoms with Crippen molar-refractivity contribution in [2.45, 2.75) is 23.4 Å². The summed E-state index contributed by atoms with van der Waals surface area (Å²) in [6.07, 6.45) is -15.2. The van der Waals surface area contributed by atoms with E-state index in [0.717, 1.165) is 24.3 Å².